The highest BCUT2D eigenvalue weighted by Gasteiger charge is 2.34. The summed E-state index contributed by atoms with van der Waals surface area (Å²) in [5.74, 6) is -0.429. The van der Waals surface area contributed by atoms with Crippen molar-refractivity contribution in [1.29, 1.82) is 0 Å². The van der Waals surface area contributed by atoms with E-state index in [0.717, 1.165) is 0 Å². The summed E-state index contributed by atoms with van der Waals surface area (Å²) in [5, 5.41) is 9.53. The molecule has 0 spiro atoms. The summed E-state index contributed by atoms with van der Waals surface area (Å²) < 4.78 is 4.82. The number of carbonyl (C=O) groups excluding carboxylic acids is 2. The van der Waals surface area contributed by atoms with E-state index in [2.05, 4.69) is 16.0 Å². The van der Waals surface area contributed by atoms with E-state index in [1.54, 1.807) is 24.3 Å². The van der Waals surface area contributed by atoms with Crippen LogP contribution in [0.1, 0.15) is 18.0 Å². The first-order valence-corrected chi connectivity index (χ1v) is 8.69. The van der Waals surface area contributed by atoms with Gasteiger partial charge in [0, 0.05) is 33.4 Å². The molecule has 0 saturated carbocycles. The minimum Gasteiger partial charge on any atom is -0.467 e. The lowest BCUT2D eigenvalue weighted by Gasteiger charge is -2.33. The lowest BCUT2D eigenvalue weighted by Crippen LogP contribution is -2.42. The molecule has 2 atom stereocenters. The Labute approximate surface area is 160 Å². The van der Waals surface area contributed by atoms with Gasteiger partial charge in [-0.2, -0.15) is 0 Å². The third-order valence-corrected chi connectivity index (χ3v) is 4.60. The van der Waals surface area contributed by atoms with Gasteiger partial charge in [0.2, 0.25) is 0 Å². The van der Waals surface area contributed by atoms with Crippen molar-refractivity contribution in [2.75, 3.05) is 17.7 Å². The van der Waals surface area contributed by atoms with Crippen molar-refractivity contribution in [1.82, 2.24) is 5.32 Å². The zero-order chi connectivity index (χ0) is 18.7. The third-order valence-electron chi connectivity index (χ3n) is 4.07. The summed E-state index contributed by atoms with van der Waals surface area (Å²) in [5.41, 5.74) is 1.93. The Bertz CT molecular complexity index is 830. The van der Waals surface area contributed by atoms with Gasteiger partial charge in [-0.15, -0.1) is 0 Å². The smallest absolute Gasteiger partial charge is 0.328 e. The topological polar surface area (TPSA) is 79.5 Å². The number of rotatable bonds is 3. The van der Waals surface area contributed by atoms with E-state index >= 15 is 0 Å². The van der Waals surface area contributed by atoms with Crippen LogP contribution in [0.3, 0.4) is 0 Å². The van der Waals surface area contributed by atoms with Gasteiger partial charge in [0.15, 0.2) is 0 Å². The van der Waals surface area contributed by atoms with Crippen LogP contribution in [-0.4, -0.2) is 25.2 Å². The minimum absolute atomic E-state index is 0.295. The molecule has 0 fully saturated rings. The molecule has 2 amide bonds. The average molecular weight is 394 g/mol. The summed E-state index contributed by atoms with van der Waals surface area (Å²) in [4.78, 5) is 24.4. The number of halogens is 2. The number of benzene rings is 2. The first-order valence-electron chi connectivity index (χ1n) is 7.94. The van der Waals surface area contributed by atoms with Gasteiger partial charge < -0.3 is 20.7 Å². The Balaban J connectivity index is 1.85. The van der Waals surface area contributed by atoms with E-state index < -0.39 is 24.1 Å². The van der Waals surface area contributed by atoms with E-state index in [1.807, 2.05) is 18.2 Å². The van der Waals surface area contributed by atoms with Crippen LogP contribution in [0.5, 0.6) is 0 Å². The zero-order valence-electron chi connectivity index (χ0n) is 13.9. The molecule has 2 aromatic carbocycles. The molecule has 0 saturated heterocycles. The van der Waals surface area contributed by atoms with Gasteiger partial charge in [-0.1, -0.05) is 41.4 Å². The van der Waals surface area contributed by atoms with Crippen LogP contribution in [0, 0.1) is 0 Å². The van der Waals surface area contributed by atoms with Crippen LogP contribution in [0.25, 0.3) is 0 Å². The number of hydrogen-bond donors (Lipinski definition) is 3. The number of nitrogens with one attached hydrogen (secondary N) is 3. The molecule has 0 aliphatic carbocycles. The van der Waals surface area contributed by atoms with Crippen molar-refractivity contribution >= 4 is 46.6 Å². The number of ether oxygens (including phenoxy) is 1. The standard InChI is InChI=1S/C18H17Cl2N3O3/c1-26-17(24)15-9-14(16-12(20)7-10(19)8-13(16)22-15)23-18(25)21-11-5-3-2-4-6-11/h2-8,14-15,22H,9H2,1H3,(H2,21,23,25)/t14-,15+/m0/s1. The lowest BCUT2D eigenvalue weighted by atomic mass is 9.92. The molecule has 0 bridgehead atoms. The highest BCUT2D eigenvalue weighted by molar-refractivity contribution is 6.35. The molecule has 0 radical (unpaired) electrons. The van der Waals surface area contributed by atoms with Crippen LogP contribution in [0.15, 0.2) is 42.5 Å². The van der Waals surface area contributed by atoms with Crippen LogP contribution in [0.2, 0.25) is 10.0 Å². The molecule has 1 aliphatic rings. The molecule has 1 heterocycles. The number of esters is 1. The van der Waals surface area contributed by atoms with Crippen molar-refractivity contribution in [3.05, 3.63) is 58.1 Å². The van der Waals surface area contributed by atoms with Crippen molar-refractivity contribution in [2.45, 2.75) is 18.5 Å². The summed E-state index contributed by atoms with van der Waals surface area (Å²) in [6, 6.07) is 10.8. The molecule has 1 aliphatic heterocycles. The summed E-state index contributed by atoms with van der Waals surface area (Å²) in [6.07, 6.45) is 0.295. The highest BCUT2D eigenvalue weighted by Crippen LogP contribution is 2.40. The van der Waals surface area contributed by atoms with Crippen LogP contribution in [0.4, 0.5) is 16.2 Å². The zero-order valence-corrected chi connectivity index (χ0v) is 15.4. The van der Waals surface area contributed by atoms with Gasteiger partial charge in [-0.25, -0.2) is 9.59 Å². The second kappa shape index (κ2) is 7.85. The first-order chi connectivity index (χ1) is 12.5. The Morgan fingerprint density at radius 3 is 2.62 bits per heavy atom. The predicted octanol–water partition coefficient (Wildman–Crippen LogP) is 4.21. The van der Waals surface area contributed by atoms with E-state index in [9.17, 15) is 9.59 Å². The Morgan fingerprint density at radius 2 is 1.92 bits per heavy atom. The Morgan fingerprint density at radius 1 is 1.19 bits per heavy atom. The van der Waals surface area contributed by atoms with Crippen LogP contribution >= 0.6 is 23.2 Å². The molecule has 6 nitrogen and oxygen atoms in total. The fraction of sp³-hybridized carbons (Fsp3) is 0.222. The number of urea groups is 1. The van der Waals surface area contributed by atoms with Gasteiger partial charge in [0.25, 0.3) is 0 Å². The maximum atomic E-state index is 12.4. The molecule has 8 heteroatoms. The van der Waals surface area contributed by atoms with Gasteiger partial charge in [-0.05, 0) is 24.3 Å². The van der Waals surface area contributed by atoms with E-state index in [1.165, 1.54) is 7.11 Å². The van der Waals surface area contributed by atoms with Crippen molar-refractivity contribution in [3.63, 3.8) is 0 Å². The van der Waals surface area contributed by atoms with Gasteiger partial charge in [0.05, 0.1) is 13.2 Å². The van der Waals surface area contributed by atoms with Crippen LogP contribution < -0.4 is 16.0 Å². The number of amides is 2. The quantitative estimate of drug-likeness (QED) is 0.682. The molecule has 0 unspecified atom stereocenters. The molecule has 3 rings (SSSR count). The number of methoxy groups -OCH3 is 1. The second-order valence-electron chi connectivity index (χ2n) is 5.82. The lowest BCUT2D eigenvalue weighted by molar-refractivity contribution is -0.141. The Hall–Kier alpha value is -2.44. The maximum absolute atomic E-state index is 12.4. The summed E-state index contributed by atoms with van der Waals surface area (Å²) >= 11 is 12.4. The van der Waals surface area contributed by atoms with Crippen molar-refractivity contribution < 1.29 is 14.3 Å². The molecule has 0 aromatic heterocycles. The van der Waals surface area contributed by atoms with Gasteiger partial charge >= 0.3 is 12.0 Å². The van der Waals surface area contributed by atoms with Gasteiger partial charge in [-0.3, -0.25) is 0 Å². The van der Waals surface area contributed by atoms with Crippen LogP contribution in [-0.2, 0) is 9.53 Å². The third kappa shape index (κ3) is 4.03. The SMILES string of the molecule is COC(=O)[C@H]1C[C@H](NC(=O)Nc2ccccc2)c2c(Cl)cc(Cl)cc2N1. The normalized spacial score (nSPS) is 18.3. The van der Waals surface area contributed by atoms with E-state index in [-0.39, 0.29) is 0 Å². The fourth-order valence-corrected chi connectivity index (χ4v) is 3.56. The van der Waals surface area contributed by atoms with E-state index in [4.69, 9.17) is 27.9 Å². The highest BCUT2D eigenvalue weighted by atomic mass is 35.5. The monoisotopic (exact) mass is 393 g/mol. The molecule has 2 aromatic rings. The maximum Gasteiger partial charge on any atom is 0.328 e. The molecule has 26 heavy (non-hydrogen) atoms. The minimum atomic E-state index is -0.621. The average Bonchev–Trinajstić information content (AvgIpc) is 2.60. The molecule has 3 N–H and O–H groups in total. The van der Waals surface area contributed by atoms with E-state index in [0.29, 0.717) is 33.4 Å². The molecular weight excluding hydrogens is 377 g/mol. The molecular formula is C18H17Cl2N3O3. The number of hydrogen-bond acceptors (Lipinski definition) is 4. The number of carbonyl (C=O) groups is 2. The van der Waals surface area contributed by atoms with Crippen molar-refractivity contribution in [3.8, 4) is 0 Å². The second-order valence-corrected chi connectivity index (χ2v) is 6.67. The fourth-order valence-electron chi connectivity index (χ4n) is 2.93. The number of para-hydroxylation sites is 1. The van der Waals surface area contributed by atoms with Gasteiger partial charge in [0.1, 0.15) is 6.04 Å². The summed E-state index contributed by atoms with van der Waals surface area (Å²) in [7, 11) is 1.31. The largest absolute Gasteiger partial charge is 0.467 e. The molecule has 136 valence electrons. The summed E-state index contributed by atoms with van der Waals surface area (Å²) in [6.45, 7) is 0. The predicted molar refractivity (Wildman–Crippen MR) is 102 cm³/mol. The first kappa shape index (κ1) is 18.4. The number of anilines is 2. The number of fused-ring (bicyclic) bond motifs is 1. The van der Waals surface area contributed by atoms with Crippen molar-refractivity contribution in [2.24, 2.45) is 0 Å². The Kier molecular flexibility index (Phi) is 5.54.